The first kappa shape index (κ1) is 14.9. The van der Waals surface area contributed by atoms with Crippen molar-refractivity contribution in [3.8, 4) is 11.5 Å². The Labute approximate surface area is 140 Å². The number of rotatable bonds is 4. The van der Waals surface area contributed by atoms with Gasteiger partial charge in [0, 0.05) is 12.7 Å². The van der Waals surface area contributed by atoms with Gasteiger partial charge in [-0.05, 0) is 29.8 Å². The first-order valence-electron chi connectivity index (χ1n) is 7.41. The van der Waals surface area contributed by atoms with Gasteiger partial charge in [-0.25, -0.2) is 4.98 Å². The molecule has 3 aromatic rings. The van der Waals surface area contributed by atoms with Gasteiger partial charge in [0.05, 0.1) is 4.92 Å². The monoisotopic (exact) mass is 340 g/mol. The molecule has 0 radical (unpaired) electrons. The maximum atomic E-state index is 12.4. The third-order valence-corrected chi connectivity index (χ3v) is 3.79. The quantitative estimate of drug-likeness (QED) is 0.571. The van der Waals surface area contributed by atoms with Crippen molar-refractivity contribution in [3.05, 3.63) is 68.6 Å². The molecule has 1 N–H and O–H groups in total. The number of pyridine rings is 1. The Morgan fingerprint density at radius 2 is 2.08 bits per heavy atom. The summed E-state index contributed by atoms with van der Waals surface area (Å²) in [6.45, 7) is 0.410. The summed E-state index contributed by atoms with van der Waals surface area (Å²) >= 11 is 0. The highest BCUT2D eigenvalue weighted by Gasteiger charge is 2.23. The molecule has 0 atom stereocenters. The van der Waals surface area contributed by atoms with E-state index in [0.717, 1.165) is 9.96 Å². The fraction of sp³-hybridized carbons (Fsp3) is 0.125. The molecule has 9 heteroatoms. The van der Waals surface area contributed by atoms with Crippen LogP contribution < -0.4 is 20.3 Å². The maximum absolute atomic E-state index is 12.4. The van der Waals surface area contributed by atoms with Gasteiger partial charge in [0.2, 0.25) is 12.6 Å². The summed E-state index contributed by atoms with van der Waals surface area (Å²) in [5.41, 5.74) is -0.187. The smallest absolute Gasteiger partial charge is 0.376 e. The van der Waals surface area contributed by atoms with Crippen LogP contribution in [0, 0.1) is 10.1 Å². The second-order valence-corrected chi connectivity index (χ2v) is 5.34. The van der Waals surface area contributed by atoms with E-state index >= 15 is 0 Å². The fourth-order valence-electron chi connectivity index (χ4n) is 2.60. The first-order chi connectivity index (χ1) is 12.1. The van der Waals surface area contributed by atoms with Gasteiger partial charge in [0.15, 0.2) is 11.5 Å². The van der Waals surface area contributed by atoms with E-state index in [4.69, 9.17) is 9.47 Å². The Morgan fingerprint density at radius 3 is 2.92 bits per heavy atom. The molecule has 3 heterocycles. The van der Waals surface area contributed by atoms with Gasteiger partial charge in [-0.3, -0.25) is 19.3 Å². The molecule has 0 fully saturated rings. The van der Waals surface area contributed by atoms with Crippen LogP contribution in [0.15, 0.2) is 47.4 Å². The number of hydrogen-bond donors (Lipinski definition) is 1. The van der Waals surface area contributed by atoms with Crippen molar-refractivity contribution < 1.29 is 14.4 Å². The van der Waals surface area contributed by atoms with E-state index in [-0.39, 0.29) is 19.2 Å². The lowest BCUT2D eigenvalue weighted by Crippen LogP contribution is -2.21. The molecule has 0 saturated heterocycles. The lowest BCUT2D eigenvalue weighted by atomic mass is 10.2. The number of fused-ring (bicyclic) bond motifs is 2. The van der Waals surface area contributed by atoms with Crippen molar-refractivity contribution in [3.63, 3.8) is 0 Å². The lowest BCUT2D eigenvalue weighted by molar-refractivity contribution is -0.385. The highest BCUT2D eigenvalue weighted by Crippen LogP contribution is 2.32. The summed E-state index contributed by atoms with van der Waals surface area (Å²) < 4.78 is 11.7. The highest BCUT2D eigenvalue weighted by molar-refractivity contribution is 5.60. The van der Waals surface area contributed by atoms with E-state index in [9.17, 15) is 14.9 Å². The van der Waals surface area contributed by atoms with E-state index in [2.05, 4.69) is 10.3 Å². The van der Waals surface area contributed by atoms with Crippen molar-refractivity contribution in [2.75, 3.05) is 12.1 Å². The van der Waals surface area contributed by atoms with Crippen LogP contribution in [0.3, 0.4) is 0 Å². The maximum Gasteiger partial charge on any atom is 0.376 e. The summed E-state index contributed by atoms with van der Waals surface area (Å²) in [6, 6.07) is 10.3. The van der Waals surface area contributed by atoms with Crippen LogP contribution in [0.25, 0.3) is 5.65 Å². The molecular weight excluding hydrogens is 328 g/mol. The SMILES string of the molecule is O=c1c([N+](=O)[O-])c(NCc2ccc3c(c2)OCO3)nc2ccccn12. The summed E-state index contributed by atoms with van der Waals surface area (Å²) in [5, 5.41) is 14.2. The van der Waals surface area contributed by atoms with Crippen LogP contribution in [0.2, 0.25) is 0 Å². The minimum absolute atomic E-state index is 0.0705. The van der Waals surface area contributed by atoms with Crippen LogP contribution in [-0.2, 0) is 6.54 Å². The molecule has 0 unspecified atom stereocenters. The second-order valence-electron chi connectivity index (χ2n) is 5.34. The summed E-state index contributed by atoms with van der Waals surface area (Å²) in [6.07, 6.45) is 1.44. The van der Waals surface area contributed by atoms with Crippen molar-refractivity contribution >= 4 is 17.2 Å². The number of aromatic nitrogens is 2. The minimum Gasteiger partial charge on any atom is -0.454 e. The zero-order valence-corrected chi connectivity index (χ0v) is 12.8. The van der Waals surface area contributed by atoms with Gasteiger partial charge in [0.1, 0.15) is 5.65 Å². The lowest BCUT2D eigenvalue weighted by Gasteiger charge is -2.08. The molecule has 126 valence electrons. The van der Waals surface area contributed by atoms with Crippen molar-refractivity contribution in [1.82, 2.24) is 9.38 Å². The summed E-state index contributed by atoms with van der Waals surface area (Å²) in [7, 11) is 0. The number of benzene rings is 1. The van der Waals surface area contributed by atoms with E-state index in [1.165, 1.54) is 6.20 Å². The van der Waals surface area contributed by atoms with Crippen molar-refractivity contribution in [1.29, 1.82) is 0 Å². The van der Waals surface area contributed by atoms with Crippen molar-refractivity contribution in [2.45, 2.75) is 6.54 Å². The minimum atomic E-state index is -0.733. The van der Waals surface area contributed by atoms with Crippen LogP contribution in [-0.4, -0.2) is 21.1 Å². The first-order valence-corrected chi connectivity index (χ1v) is 7.41. The number of nitro groups is 1. The van der Waals surface area contributed by atoms with E-state index in [0.29, 0.717) is 17.1 Å². The largest absolute Gasteiger partial charge is 0.454 e. The predicted octanol–water partition coefficient (Wildman–Crippen LogP) is 1.94. The molecule has 2 aromatic heterocycles. The number of ether oxygens (including phenoxy) is 2. The van der Waals surface area contributed by atoms with Crippen molar-refractivity contribution in [2.24, 2.45) is 0 Å². The van der Waals surface area contributed by atoms with E-state index in [1.54, 1.807) is 36.4 Å². The third-order valence-electron chi connectivity index (χ3n) is 3.79. The van der Waals surface area contributed by atoms with Crippen LogP contribution in [0.4, 0.5) is 11.5 Å². The fourth-order valence-corrected chi connectivity index (χ4v) is 2.60. The number of nitrogens with one attached hydrogen (secondary N) is 1. The normalized spacial score (nSPS) is 12.3. The second kappa shape index (κ2) is 5.78. The zero-order chi connectivity index (χ0) is 17.4. The van der Waals surface area contributed by atoms with Gasteiger partial charge in [-0.2, -0.15) is 0 Å². The average molecular weight is 340 g/mol. The number of anilines is 1. The molecule has 1 aliphatic rings. The van der Waals surface area contributed by atoms with Crippen LogP contribution in [0.5, 0.6) is 11.5 Å². The molecule has 0 saturated carbocycles. The molecule has 0 spiro atoms. The number of nitrogens with zero attached hydrogens (tertiary/aromatic N) is 3. The van der Waals surface area contributed by atoms with Gasteiger partial charge in [0.25, 0.3) is 0 Å². The predicted molar refractivity (Wildman–Crippen MR) is 88.0 cm³/mol. The van der Waals surface area contributed by atoms with Gasteiger partial charge < -0.3 is 14.8 Å². The molecule has 1 aromatic carbocycles. The molecule has 25 heavy (non-hydrogen) atoms. The van der Waals surface area contributed by atoms with Gasteiger partial charge >= 0.3 is 11.2 Å². The summed E-state index contributed by atoms with van der Waals surface area (Å²) in [4.78, 5) is 27.2. The Balaban J connectivity index is 1.70. The molecule has 0 amide bonds. The Hall–Kier alpha value is -3.62. The Bertz CT molecular complexity index is 1050. The third kappa shape index (κ3) is 2.61. The highest BCUT2D eigenvalue weighted by atomic mass is 16.7. The topological polar surface area (TPSA) is 108 Å². The van der Waals surface area contributed by atoms with Crippen LogP contribution in [0.1, 0.15) is 5.56 Å². The number of hydrogen-bond acceptors (Lipinski definition) is 7. The summed E-state index contributed by atoms with van der Waals surface area (Å²) in [5.74, 6) is 1.19. The average Bonchev–Trinajstić information content (AvgIpc) is 3.07. The molecule has 9 nitrogen and oxygen atoms in total. The molecule has 0 aliphatic carbocycles. The molecular formula is C16H12N4O5. The van der Waals surface area contributed by atoms with Gasteiger partial charge in [-0.15, -0.1) is 0 Å². The van der Waals surface area contributed by atoms with E-state index in [1.807, 2.05) is 0 Å². The molecule has 1 aliphatic heterocycles. The van der Waals surface area contributed by atoms with Gasteiger partial charge in [-0.1, -0.05) is 12.1 Å². The van der Waals surface area contributed by atoms with Crippen LogP contribution >= 0.6 is 0 Å². The Morgan fingerprint density at radius 1 is 1.24 bits per heavy atom. The molecule has 4 rings (SSSR count). The molecule has 0 bridgehead atoms. The Kier molecular flexibility index (Phi) is 3.46. The van der Waals surface area contributed by atoms with E-state index < -0.39 is 16.2 Å². The standard InChI is InChI=1S/C16H12N4O5/c21-16-14(20(22)23)15(18-13-3-1-2-6-19(13)16)17-8-10-4-5-11-12(7-10)25-9-24-11/h1-7,17H,8-9H2. The zero-order valence-electron chi connectivity index (χ0n) is 12.8.